The SMILES string of the molecule is CC(C)(CN1CCCCC1CCO)C(N)c1ccccc1. The second-order valence-electron chi connectivity index (χ2n) is 7.01. The number of piperidine rings is 1. The Balaban J connectivity index is 2.04. The van der Waals surface area contributed by atoms with Crippen LogP contribution in [0.25, 0.3) is 0 Å². The highest BCUT2D eigenvalue weighted by atomic mass is 16.3. The van der Waals surface area contributed by atoms with Crippen molar-refractivity contribution in [3.8, 4) is 0 Å². The van der Waals surface area contributed by atoms with Gasteiger partial charge in [-0.3, -0.25) is 4.90 Å². The Kier molecular flexibility index (Phi) is 5.80. The summed E-state index contributed by atoms with van der Waals surface area (Å²) in [5, 5.41) is 9.27. The molecule has 1 aromatic rings. The summed E-state index contributed by atoms with van der Waals surface area (Å²) in [7, 11) is 0. The number of aliphatic hydroxyl groups excluding tert-OH is 1. The molecule has 2 unspecified atom stereocenters. The largest absolute Gasteiger partial charge is 0.396 e. The van der Waals surface area contributed by atoms with E-state index in [1.54, 1.807) is 0 Å². The molecule has 0 radical (unpaired) electrons. The van der Waals surface area contributed by atoms with Gasteiger partial charge in [-0.2, -0.15) is 0 Å². The van der Waals surface area contributed by atoms with Gasteiger partial charge >= 0.3 is 0 Å². The minimum atomic E-state index is 0.0202. The molecule has 0 saturated carbocycles. The molecule has 1 aliphatic rings. The van der Waals surface area contributed by atoms with Crippen LogP contribution in [0.3, 0.4) is 0 Å². The maximum atomic E-state index is 9.27. The van der Waals surface area contributed by atoms with Crippen molar-refractivity contribution in [2.24, 2.45) is 11.1 Å². The van der Waals surface area contributed by atoms with Crippen LogP contribution in [0.2, 0.25) is 0 Å². The Bertz CT molecular complexity index is 416. The van der Waals surface area contributed by atoms with Gasteiger partial charge in [-0.05, 0) is 36.8 Å². The van der Waals surface area contributed by atoms with Crippen molar-refractivity contribution < 1.29 is 5.11 Å². The molecule has 1 aromatic carbocycles. The van der Waals surface area contributed by atoms with Crippen LogP contribution < -0.4 is 5.73 Å². The van der Waals surface area contributed by atoms with Crippen LogP contribution >= 0.6 is 0 Å². The summed E-state index contributed by atoms with van der Waals surface area (Å²) in [6.45, 7) is 6.93. The summed E-state index contributed by atoms with van der Waals surface area (Å²) >= 11 is 0. The lowest BCUT2D eigenvalue weighted by Crippen LogP contribution is -2.47. The van der Waals surface area contributed by atoms with Crippen LogP contribution in [-0.4, -0.2) is 35.7 Å². The molecule has 2 rings (SSSR count). The molecule has 2 atom stereocenters. The van der Waals surface area contributed by atoms with Crippen molar-refractivity contribution in [3.63, 3.8) is 0 Å². The first kappa shape index (κ1) is 16.5. The van der Waals surface area contributed by atoms with E-state index in [2.05, 4.69) is 43.0 Å². The molecule has 1 fully saturated rings. The molecule has 0 amide bonds. The lowest BCUT2D eigenvalue weighted by Gasteiger charge is -2.43. The Hall–Kier alpha value is -0.900. The van der Waals surface area contributed by atoms with E-state index >= 15 is 0 Å². The molecule has 0 aromatic heterocycles. The number of likely N-dealkylation sites (tertiary alicyclic amines) is 1. The Morgan fingerprint density at radius 2 is 2.00 bits per heavy atom. The van der Waals surface area contributed by atoms with E-state index in [0.29, 0.717) is 6.04 Å². The van der Waals surface area contributed by atoms with Crippen molar-refractivity contribution in [3.05, 3.63) is 35.9 Å². The summed E-state index contributed by atoms with van der Waals surface area (Å²) in [5.41, 5.74) is 7.76. The minimum absolute atomic E-state index is 0.0202. The molecular formula is C18H30N2O. The summed E-state index contributed by atoms with van der Waals surface area (Å²) in [6.07, 6.45) is 4.64. The maximum Gasteiger partial charge on any atom is 0.0445 e. The summed E-state index contributed by atoms with van der Waals surface area (Å²) in [4.78, 5) is 2.54. The highest BCUT2D eigenvalue weighted by Crippen LogP contribution is 2.34. The number of hydrogen-bond donors (Lipinski definition) is 2. The monoisotopic (exact) mass is 290 g/mol. The second-order valence-corrected chi connectivity index (χ2v) is 7.01. The van der Waals surface area contributed by atoms with Crippen LogP contribution in [-0.2, 0) is 0 Å². The fourth-order valence-electron chi connectivity index (χ4n) is 3.48. The average Bonchev–Trinajstić information content (AvgIpc) is 2.49. The molecule has 3 nitrogen and oxygen atoms in total. The fourth-order valence-corrected chi connectivity index (χ4v) is 3.48. The van der Waals surface area contributed by atoms with E-state index < -0.39 is 0 Å². The van der Waals surface area contributed by atoms with Crippen LogP contribution in [0.15, 0.2) is 30.3 Å². The van der Waals surface area contributed by atoms with Crippen LogP contribution in [0.5, 0.6) is 0 Å². The van der Waals surface area contributed by atoms with E-state index in [1.165, 1.54) is 24.8 Å². The van der Waals surface area contributed by atoms with Crippen molar-refractivity contribution in [1.29, 1.82) is 0 Å². The quantitative estimate of drug-likeness (QED) is 0.847. The van der Waals surface area contributed by atoms with Gasteiger partial charge in [0.1, 0.15) is 0 Å². The van der Waals surface area contributed by atoms with Gasteiger partial charge in [0.25, 0.3) is 0 Å². The second kappa shape index (κ2) is 7.39. The first-order valence-electron chi connectivity index (χ1n) is 8.20. The van der Waals surface area contributed by atoms with Gasteiger partial charge in [0, 0.05) is 25.2 Å². The van der Waals surface area contributed by atoms with E-state index in [9.17, 15) is 5.11 Å². The number of benzene rings is 1. The van der Waals surface area contributed by atoms with Crippen LogP contribution in [0, 0.1) is 5.41 Å². The highest BCUT2D eigenvalue weighted by molar-refractivity contribution is 5.20. The van der Waals surface area contributed by atoms with Crippen molar-refractivity contribution >= 4 is 0 Å². The van der Waals surface area contributed by atoms with Gasteiger partial charge in [-0.25, -0.2) is 0 Å². The Morgan fingerprint density at radius 1 is 1.29 bits per heavy atom. The molecule has 1 heterocycles. The molecule has 0 bridgehead atoms. The molecule has 1 aliphatic heterocycles. The Labute approximate surface area is 129 Å². The third kappa shape index (κ3) is 4.29. The third-order valence-electron chi connectivity index (χ3n) is 4.82. The minimum Gasteiger partial charge on any atom is -0.396 e. The van der Waals surface area contributed by atoms with Gasteiger partial charge in [0.05, 0.1) is 0 Å². The lowest BCUT2D eigenvalue weighted by molar-refractivity contribution is 0.0683. The summed E-state index contributed by atoms with van der Waals surface area (Å²) < 4.78 is 0. The van der Waals surface area contributed by atoms with Crippen molar-refractivity contribution in [1.82, 2.24) is 4.90 Å². The lowest BCUT2D eigenvalue weighted by atomic mass is 9.79. The number of rotatable bonds is 6. The zero-order valence-electron chi connectivity index (χ0n) is 13.5. The van der Waals surface area contributed by atoms with E-state index in [0.717, 1.165) is 19.5 Å². The molecule has 0 spiro atoms. The smallest absolute Gasteiger partial charge is 0.0445 e. The summed E-state index contributed by atoms with van der Waals surface area (Å²) in [6, 6.07) is 10.9. The van der Waals surface area contributed by atoms with E-state index in [4.69, 9.17) is 5.73 Å². The van der Waals surface area contributed by atoms with Gasteiger partial charge in [0.2, 0.25) is 0 Å². The zero-order chi connectivity index (χ0) is 15.3. The number of hydrogen-bond acceptors (Lipinski definition) is 3. The number of aliphatic hydroxyl groups is 1. The first-order chi connectivity index (χ1) is 10.0. The standard InChI is InChI=1S/C18H30N2O/c1-18(2,17(19)15-8-4-3-5-9-15)14-20-12-7-6-10-16(20)11-13-21/h3-5,8-9,16-17,21H,6-7,10-14,19H2,1-2H3. The predicted octanol–water partition coefficient (Wildman–Crippen LogP) is 2.95. The van der Waals surface area contributed by atoms with Crippen LogP contribution in [0.1, 0.15) is 51.1 Å². The van der Waals surface area contributed by atoms with Gasteiger partial charge in [0.15, 0.2) is 0 Å². The molecular weight excluding hydrogens is 260 g/mol. The molecule has 118 valence electrons. The summed E-state index contributed by atoms with van der Waals surface area (Å²) in [5.74, 6) is 0. The van der Waals surface area contributed by atoms with Crippen molar-refractivity contribution in [2.45, 2.75) is 51.6 Å². The van der Waals surface area contributed by atoms with Crippen molar-refractivity contribution in [2.75, 3.05) is 19.7 Å². The number of nitrogens with two attached hydrogens (primary N) is 1. The van der Waals surface area contributed by atoms with Crippen LogP contribution in [0.4, 0.5) is 0 Å². The molecule has 3 heteroatoms. The van der Waals surface area contributed by atoms with Gasteiger partial charge in [-0.15, -0.1) is 0 Å². The molecule has 21 heavy (non-hydrogen) atoms. The van der Waals surface area contributed by atoms with E-state index in [-0.39, 0.29) is 18.1 Å². The average molecular weight is 290 g/mol. The predicted molar refractivity (Wildman–Crippen MR) is 88.1 cm³/mol. The highest BCUT2D eigenvalue weighted by Gasteiger charge is 2.33. The topological polar surface area (TPSA) is 49.5 Å². The Morgan fingerprint density at radius 3 is 2.67 bits per heavy atom. The number of nitrogens with zero attached hydrogens (tertiary/aromatic N) is 1. The third-order valence-corrected chi connectivity index (χ3v) is 4.82. The normalized spacial score (nSPS) is 22.2. The molecule has 3 N–H and O–H groups in total. The zero-order valence-corrected chi connectivity index (χ0v) is 13.5. The first-order valence-corrected chi connectivity index (χ1v) is 8.20. The fraction of sp³-hybridized carbons (Fsp3) is 0.667. The van der Waals surface area contributed by atoms with Gasteiger partial charge < -0.3 is 10.8 Å². The molecule has 1 saturated heterocycles. The molecule has 0 aliphatic carbocycles. The van der Waals surface area contributed by atoms with Gasteiger partial charge in [-0.1, -0.05) is 50.6 Å². The maximum absolute atomic E-state index is 9.27. The van der Waals surface area contributed by atoms with E-state index in [1.807, 2.05) is 6.07 Å².